The molecular formula is C28H27N3O5. The molecule has 2 fully saturated rings. The van der Waals surface area contributed by atoms with Gasteiger partial charge >= 0.3 is 11.9 Å². The predicted octanol–water partition coefficient (Wildman–Crippen LogP) is 5.35. The second-order valence-corrected chi connectivity index (χ2v) is 9.26. The topological polar surface area (TPSA) is 111 Å². The maximum Gasteiger partial charge on any atom is 0.321 e. The van der Waals surface area contributed by atoms with E-state index in [1.807, 2.05) is 72.8 Å². The molecule has 2 saturated carbocycles. The van der Waals surface area contributed by atoms with Crippen LogP contribution >= 0.6 is 0 Å². The molecule has 0 aromatic heterocycles. The summed E-state index contributed by atoms with van der Waals surface area (Å²) in [5, 5.41) is 6.20. The summed E-state index contributed by atoms with van der Waals surface area (Å²) in [6.45, 7) is 2.24. The van der Waals surface area contributed by atoms with Crippen molar-refractivity contribution in [3.05, 3.63) is 94.4 Å². The molecule has 8 heteroatoms. The minimum atomic E-state index is -1.64. The van der Waals surface area contributed by atoms with Crippen LogP contribution in [0, 0.1) is 17.8 Å². The van der Waals surface area contributed by atoms with E-state index in [1.165, 1.54) is 0 Å². The Morgan fingerprint density at radius 1 is 0.972 bits per heavy atom. The van der Waals surface area contributed by atoms with Crippen LogP contribution < -0.4 is 0 Å². The molecule has 8 nitrogen and oxygen atoms in total. The Morgan fingerprint density at radius 2 is 1.72 bits per heavy atom. The summed E-state index contributed by atoms with van der Waals surface area (Å²) >= 11 is 0. The van der Waals surface area contributed by atoms with Crippen LogP contribution in [-0.4, -0.2) is 30.2 Å². The van der Waals surface area contributed by atoms with Crippen molar-refractivity contribution in [1.82, 2.24) is 0 Å². The average Bonchev–Trinajstić information content (AvgIpc) is 3.54. The number of hydrogen-bond acceptors (Lipinski definition) is 6. The van der Waals surface area contributed by atoms with Crippen molar-refractivity contribution < 1.29 is 23.8 Å². The van der Waals surface area contributed by atoms with Crippen LogP contribution in [0.15, 0.2) is 77.9 Å². The first kappa shape index (κ1) is 23.9. The SMILES string of the molecule is CCOC(=O)[C@H]1[C@@H]2C[C@@H](OCc3ccc4ccccc4c3)[C@@](N=[N+]=[N-])(C(=O)OCc3ccccc3)[C@@H]21. The summed E-state index contributed by atoms with van der Waals surface area (Å²) in [6, 6.07) is 23.3. The van der Waals surface area contributed by atoms with Gasteiger partial charge in [-0.2, -0.15) is 0 Å². The van der Waals surface area contributed by atoms with Crippen molar-refractivity contribution >= 4 is 22.7 Å². The molecule has 0 heterocycles. The number of carbonyl (C=O) groups excluding carboxylic acids is 2. The van der Waals surface area contributed by atoms with Crippen LogP contribution in [0.1, 0.15) is 24.5 Å². The van der Waals surface area contributed by atoms with E-state index in [0.29, 0.717) is 6.42 Å². The molecule has 0 spiro atoms. The second-order valence-electron chi connectivity index (χ2n) is 9.26. The molecule has 0 radical (unpaired) electrons. The minimum Gasteiger partial charge on any atom is -0.466 e. The van der Waals surface area contributed by atoms with Gasteiger partial charge in [0, 0.05) is 10.8 Å². The summed E-state index contributed by atoms with van der Waals surface area (Å²) in [6.07, 6.45) is -0.315. The molecule has 0 saturated heterocycles. The Kier molecular flexibility index (Phi) is 6.63. The Morgan fingerprint density at radius 3 is 2.47 bits per heavy atom. The van der Waals surface area contributed by atoms with Crippen molar-refractivity contribution in [3.63, 3.8) is 0 Å². The van der Waals surface area contributed by atoms with E-state index >= 15 is 0 Å². The third-order valence-corrected chi connectivity index (χ3v) is 7.23. The maximum atomic E-state index is 13.6. The Hall–Kier alpha value is -3.87. The smallest absolute Gasteiger partial charge is 0.321 e. The molecule has 5 rings (SSSR count). The molecule has 184 valence electrons. The van der Waals surface area contributed by atoms with Gasteiger partial charge in [0.05, 0.1) is 25.2 Å². The molecule has 0 amide bonds. The highest BCUT2D eigenvalue weighted by Gasteiger charge is 2.76. The van der Waals surface area contributed by atoms with Crippen molar-refractivity contribution in [1.29, 1.82) is 0 Å². The lowest BCUT2D eigenvalue weighted by atomic mass is 9.88. The highest BCUT2D eigenvalue weighted by Crippen LogP contribution is 2.65. The molecule has 3 aromatic rings. The number of benzene rings is 3. The first-order chi connectivity index (χ1) is 17.6. The standard InChI is InChI=1S/C28H27N3O5/c1-2-34-26(32)24-22-15-23(35-17-19-12-13-20-10-6-7-11-21(20)14-19)28(25(22)24,30-31-29)27(33)36-16-18-8-4-3-5-9-18/h3-14,22-25H,2,15-17H2,1H3/t22-,23+,24-,25-,28-/m0/s1. The Balaban J connectivity index is 1.40. The van der Waals surface area contributed by atoms with Crippen LogP contribution in [0.3, 0.4) is 0 Å². The fraction of sp³-hybridized carbons (Fsp3) is 0.357. The van der Waals surface area contributed by atoms with Gasteiger partial charge in [-0.05, 0) is 52.8 Å². The molecule has 2 aliphatic rings. The molecule has 3 aromatic carbocycles. The van der Waals surface area contributed by atoms with Crippen molar-refractivity contribution in [2.75, 3.05) is 6.61 Å². The summed E-state index contributed by atoms with van der Waals surface area (Å²) < 4.78 is 17.1. The first-order valence-corrected chi connectivity index (χ1v) is 12.1. The van der Waals surface area contributed by atoms with Crippen LogP contribution in [-0.2, 0) is 37.0 Å². The van der Waals surface area contributed by atoms with Crippen LogP contribution in [0.25, 0.3) is 21.2 Å². The third kappa shape index (κ3) is 4.30. The predicted molar refractivity (Wildman–Crippen MR) is 132 cm³/mol. The number of fused-ring (bicyclic) bond motifs is 2. The molecule has 0 N–H and O–H groups in total. The van der Waals surface area contributed by atoms with E-state index in [-0.39, 0.29) is 31.7 Å². The first-order valence-electron chi connectivity index (χ1n) is 12.1. The minimum absolute atomic E-state index is 0.0290. The molecule has 2 aliphatic carbocycles. The number of nitrogens with zero attached hydrogens (tertiary/aromatic N) is 3. The molecule has 5 atom stereocenters. The summed E-state index contributed by atoms with van der Waals surface area (Å²) in [7, 11) is 0. The van der Waals surface area contributed by atoms with E-state index in [0.717, 1.165) is 21.9 Å². The van der Waals surface area contributed by atoms with Gasteiger partial charge < -0.3 is 14.2 Å². The van der Waals surface area contributed by atoms with Gasteiger partial charge in [-0.15, -0.1) is 0 Å². The van der Waals surface area contributed by atoms with Crippen LogP contribution in [0.5, 0.6) is 0 Å². The molecular weight excluding hydrogens is 458 g/mol. The van der Waals surface area contributed by atoms with E-state index in [4.69, 9.17) is 14.2 Å². The zero-order chi connectivity index (χ0) is 25.1. The molecule has 36 heavy (non-hydrogen) atoms. The van der Waals surface area contributed by atoms with Crippen LogP contribution in [0.4, 0.5) is 0 Å². The summed E-state index contributed by atoms with van der Waals surface area (Å²) in [5.41, 5.74) is 9.60. The second kappa shape index (κ2) is 10.0. The highest BCUT2D eigenvalue weighted by atomic mass is 16.5. The summed E-state index contributed by atoms with van der Waals surface area (Å²) in [5.74, 6) is -2.25. The quantitative estimate of drug-likeness (QED) is 0.176. The van der Waals surface area contributed by atoms with Crippen molar-refractivity contribution in [2.24, 2.45) is 22.9 Å². The van der Waals surface area contributed by atoms with Gasteiger partial charge in [0.25, 0.3) is 0 Å². The maximum absolute atomic E-state index is 13.6. The largest absolute Gasteiger partial charge is 0.466 e. The van der Waals surface area contributed by atoms with Gasteiger partial charge in [-0.25, -0.2) is 0 Å². The third-order valence-electron chi connectivity index (χ3n) is 7.23. The lowest BCUT2D eigenvalue weighted by molar-refractivity contribution is -0.160. The van der Waals surface area contributed by atoms with Gasteiger partial charge in [-0.1, -0.05) is 71.8 Å². The number of esters is 2. The fourth-order valence-corrected chi connectivity index (χ4v) is 5.54. The fourth-order valence-electron chi connectivity index (χ4n) is 5.54. The van der Waals surface area contributed by atoms with E-state index in [9.17, 15) is 15.1 Å². The van der Waals surface area contributed by atoms with Crippen LogP contribution in [0.2, 0.25) is 0 Å². The molecule has 0 bridgehead atoms. The van der Waals surface area contributed by atoms with Crippen molar-refractivity contribution in [2.45, 2.75) is 38.2 Å². The van der Waals surface area contributed by atoms with Crippen molar-refractivity contribution in [3.8, 4) is 0 Å². The van der Waals surface area contributed by atoms with Gasteiger partial charge in [0.1, 0.15) is 6.61 Å². The number of rotatable bonds is 9. The summed E-state index contributed by atoms with van der Waals surface area (Å²) in [4.78, 5) is 29.2. The van der Waals surface area contributed by atoms with E-state index in [1.54, 1.807) is 6.92 Å². The Bertz CT molecular complexity index is 1320. The van der Waals surface area contributed by atoms with Gasteiger partial charge in [0.2, 0.25) is 0 Å². The number of hydrogen-bond donors (Lipinski definition) is 0. The lowest BCUT2D eigenvalue weighted by Gasteiger charge is -2.32. The normalized spacial score (nSPS) is 26.0. The van der Waals surface area contributed by atoms with Gasteiger partial charge in [0.15, 0.2) is 5.54 Å². The molecule has 0 unspecified atom stereocenters. The zero-order valence-electron chi connectivity index (χ0n) is 19.9. The monoisotopic (exact) mass is 485 g/mol. The Labute approximate surface area is 208 Å². The number of azide groups is 1. The molecule has 0 aliphatic heterocycles. The number of carbonyl (C=O) groups is 2. The van der Waals surface area contributed by atoms with Gasteiger partial charge in [-0.3, -0.25) is 9.59 Å². The highest BCUT2D eigenvalue weighted by molar-refractivity contribution is 5.88. The lowest BCUT2D eigenvalue weighted by Crippen LogP contribution is -2.50. The number of ether oxygens (including phenoxy) is 3. The zero-order valence-corrected chi connectivity index (χ0v) is 19.9. The van der Waals surface area contributed by atoms with E-state index in [2.05, 4.69) is 10.0 Å². The average molecular weight is 486 g/mol. The van der Waals surface area contributed by atoms with E-state index < -0.39 is 29.4 Å².